The van der Waals surface area contributed by atoms with E-state index in [9.17, 15) is 0 Å². The molecule has 162 valence electrons. The normalized spacial score (nSPS) is 25.8. The molecule has 0 aliphatic carbocycles. The molecule has 1 aliphatic rings. The molecular formula is C25H52NO+. The lowest BCUT2D eigenvalue weighted by molar-refractivity contribution is -0.923. The molecule has 0 spiro atoms. The van der Waals surface area contributed by atoms with E-state index in [-0.39, 0.29) is 0 Å². The number of rotatable bonds is 17. The van der Waals surface area contributed by atoms with Crippen LogP contribution in [-0.2, 0) is 4.74 Å². The summed E-state index contributed by atoms with van der Waals surface area (Å²) in [4.78, 5) is 0. The molecule has 0 N–H and O–H groups in total. The maximum Gasteiger partial charge on any atom is 0.105 e. The highest BCUT2D eigenvalue weighted by Gasteiger charge is 2.33. The van der Waals surface area contributed by atoms with Crippen LogP contribution in [0.4, 0.5) is 0 Å². The quantitative estimate of drug-likeness (QED) is 0.187. The summed E-state index contributed by atoms with van der Waals surface area (Å²) in [7, 11) is 2.43. The van der Waals surface area contributed by atoms with Crippen molar-refractivity contribution in [1.29, 1.82) is 0 Å². The number of nitrogens with zero attached hydrogens (tertiary/aromatic N) is 1. The summed E-state index contributed by atoms with van der Waals surface area (Å²) in [6.45, 7) is 10.5. The fourth-order valence-electron chi connectivity index (χ4n) is 5.02. The predicted octanol–water partition coefficient (Wildman–Crippen LogP) is 7.50. The topological polar surface area (TPSA) is 9.23 Å². The predicted molar refractivity (Wildman–Crippen MR) is 120 cm³/mol. The zero-order chi connectivity index (χ0) is 19.8. The van der Waals surface area contributed by atoms with Gasteiger partial charge in [0.25, 0.3) is 0 Å². The third-order valence-electron chi connectivity index (χ3n) is 6.41. The summed E-state index contributed by atoms with van der Waals surface area (Å²) >= 11 is 0. The van der Waals surface area contributed by atoms with Gasteiger partial charge < -0.3 is 9.22 Å². The lowest BCUT2D eigenvalue weighted by atomic mass is 10.0. The molecule has 2 unspecified atom stereocenters. The van der Waals surface area contributed by atoms with E-state index in [1.165, 1.54) is 127 Å². The van der Waals surface area contributed by atoms with Gasteiger partial charge in [0.05, 0.1) is 13.6 Å². The Morgan fingerprint density at radius 3 is 1.30 bits per heavy atom. The fraction of sp³-hybridized carbons (Fsp3) is 1.00. The van der Waals surface area contributed by atoms with Crippen LogP contribution in [0.5, 0.6) is 0 Å². The van der Waals surface area contributed by atoms with E-state index in [1.807, 2.05) is 0 Å². The maximum absolute atomic E-state index is 5.90. The summed E-state index contributed by atoms with van der Waals surface area (Å²) in [5.74, 6) is 0. The van der Waals surface area contributed by atoms with E-state index < -0.39 is 0 Å². The molecule has 2 nitrogen and oxygen atoms in total. The van der Waals surface area contributed by atoms with Crippen molar-refractivity contribution in [2.45, 2.75) is 136 Å². The van der Waals surface area contributed by atoms with Gasteiger partial charge in [-0.3, -0.25) is 0 Å². The minimum atomic E-state index is 0.430. The van der Waals surface area contributed by atoms with Gasteiger partial charge in [-0.05, 0) is 26.7 Å². The second-order valence-corrected chi connectivity index (χ2v) is 9.77. The fourth-order valence-corrected chi connectivity index (χ4v) is 5.02. The lowest BCUT2D eigenvalue weighted by Crippen LogP contribution is -2.57. The van der Waals surface area contributed by atoms with Crippen molar-refractivity contribution in [3.8, 4) is 0 Å². The molecule has 0 amide bonds. The van der Waals surface area contributed by atoms with E-state index in [1.54, 1.807) is 0 Å². The summed E-state index contributed by atoms with van der Waals surface area (Å²) in [6.07, 6.45) is 24.1. The smallest absolute Gasteiger partial charge is 0.105 e. The standard InChI is InChI=1S/C25H52NO/c1-5-6-7-8-9-10-11-12-13-14-15-16-17-18-19-20-21-26(4)22-24(2)27-25(3)23-26/h24-25H,5-23H2,1-4H3/q+1. The van der Waals surface area contributed by atoms with Crippen molar-refractivity contribution in [2.24, 2.45) is 0 Å². The molecule has 2 heteroatoms. The summed E-state index contributed by atoms with van der Waals surface area (Å²) in [5, 5.41) is 0. The summed E-state index contributed by atoms with van der Waals surface area (Å²) in [5.41, 5.74) is 0. The average Bonchev–Trinajstić information content (AvgIpc) is 2.60. The van der Waals surface area contributed by atoms with Crippen molar-refractivity contribution in [3.63, 3.8) is 0 Å². The van der Waals surface area contributed by atoms with E-state index in [4.69, 9.17) is 4.74 Å². The second kappa shape index (κ2) is 15.8. The Balaban J connectivity index is 1.80. The third-order valence-corrected chi connectivity index (χ3v) is 6.41. The van der Waals surface area contributed by atoms with Gasteiger partial charge in [-0.2, -0.15) is 0 Å². The Morgan fingerprint density at radius 1 is 0.593 bits per heavy atom. The first-order chi connectivity index (χ1) is 13.1. The SMILES string of the molecule is CCCCCCCCCCCCCCCCCC[N+]1(C)CC(C)OC(C)C1. The molecule has 0 bridgehead atoms. The third kappa shape index (κ3) is 13.7. The van der Waals surface area contributed by atoms with Gasteiger partial charge in [0.15, 0.2) is 0 Å². The molecule has 0 saturated carbocycles. The molecule has 2 atom stereocenters. The zero-order valence-electron chi connectivity index (χ0n) is 19.4. The first-order valence-corrected chi connectivity index (χ1v) is 12.5. The van der Waals surface area contributed by atoms with Crippen LogP contribution >= 0.6 is 0 Å². The Hall–Kier alpha value is -0.0800. The number of likely N-dealkylation sites (N-methyl/N-ethyl adjacent to an activating group) is 1. The molecule has 1 fully saturated rings. The second-order valence-electron chi connectivity index (χ2n) is 9.77. The number of morpholine rings is 1. The van der Waals surface area contributed by atoms with Crippen LogP contribution < -0.4 is 0 Å². The van der Waals surface area contributed by atoms with Gasteiger partial charge in [0, 0.05) is 0 Å². The van der Waals surface area contributed by atoms with Crippen LogP contribution in [0.1, 0.15) is 124 Å². The van der Waals surface area contributed by atoms with E-state index in [2.05, 4.69) is 27.8 Å². The maximum atomic E-state index is 5.90. The van der Waals surface area contributed by atoms with Crippen LogP contribution in [0, 0.1) is 0 Å². The molecule has 0 aromatic carbocycles. The Bertz CT molecular complexity index is 320. The molecule has 1 rings (SSSR count). The molecule has 0 aromatic heterocycles. The van der Waals surface area contributed by atoms with Crippen LogP contribution in [0.15, 0.2) is 0 Å². The van der Waals surface area contributed by atoms with Gasteiger partial charge in [-0.25, -0.2) is 0 Å². The van der Waals surface area contributed by atoms with Crippen molar-refractivity contribution in [2.75, 3.05) is 26.7 Å². The van der Waals surface area contributed by atoms with Crippen LogP contribution in [0.3, 0.4) is 0 Å². The summed E-state index contributed by atoms with van der Waals surface area (Å²) < 4.78 is 7.12. The molecule has 0 radical (unpaired) electrons. The van der Waals surface area contributed by atoms with Crippen LogP contribution in [0.25, 0.3) is 0 Å². The van der Waals surface area contributed by atoms with Crippen molar-refractivity contribution >= 4 is 0 Å². The minimum absolute atomic E-state index is 0.430. The zero-order valence-corrected chi connectivity index (χ0v) is 19.4. The monoisotopic (exact) mass is 382 g/mol. The molecule has 1 heterocycles. The summed E-state index contributed by atoms with van der Waals surface area (Å²) in [6, 6.07) is 0. The van der Waals surface area contributed by atoms with Crippen LogP contribution in [-0.4, -0.2) is 43.4 Å². The Morgan fingerprint density at radius 2 is 0.926 bits per heavy atom. The van der Waals surface area contributed by atoms with E-state index in [0.717, 1.165) is 0 Å². The Labute approximate surface area is 172 Å². The molecule has 0 aromatic rings. The van der Waals surface area contributed by atoms with Gasteiger partial charge >= 0.3 is 0 Å². The largest absolute Gasteiger partial charge is 0.364 e. The van der Waals surface area contributed by atoms with Gasteiger partial charge in [-0.1, -0.05) is 96.8 Å². The number of hydrogen-bond acceptors (Lipinski definition) is 1. The van der Waals surface area contributed by atoms with Gasteiger partial charge in [0.2, 0.25) is 0 Å². The first kappa shape index (κ1) is 25.0. The van der Waals surface area contributed by atoms with Crippen molar-refractivity contribution in [1.82, 2.24) is 0 Å². The highest BCUT2D eigenvalue weighted by atomic mass is 16.5. The lowest BCUT2D eigenvalue weighted by Gasteiger charge is -2.43. The minimum Gasteiger partial charge on any atom is -0.364 e. The first-order valence-electron chi connectivity index (χ1n) is 12.5. The number of hydrogen-bond donors (Lipinski definition) is 0. The van der Waals surface area contributed by atoms with Gasteiger partial charge in [-0.15, -0.1) is 0 Å². The average molecular weight is 383 g/mol. The molecule has 27 heavy (non-hydrogen) atoms. The number of quaternary nitrogens is 1. The molecular weight excluding hydrogens is 330 g/mol. The Kier molecular flexibility index (Phi) is 14.6. The number of ether oxygens (including phenoxy) is 1. The van der Waals surface area contributed by atoms with E-state index >= 15 is 0 Å². The van der Waals surface area contributed by atoms with Crippen molar-refractivity contribution < 1.29 is 9.22 Å². The molecule has 1 saturated heterocycles. The highest BCUT2D eigenvalue weighted by Crippen LogP contribution is 2.19. The number of unbranched alkanes of at least 4 members (excludes halogenated alkanes) is 15. The van der Waals surface area contributed by atoms with Crippen LogP contribution in [0.2, 0.25) is 0 Å². The van der Waals surface area contributed by atoms with Gasteiger partial charge in [0.1, 0.15) is 25.3 Å². The van der Waals surface area contributed by atoms with Crippen molar-refractivity contribution in [3.05, 3.63) is 0 Å². The molecule has 1 aliphatic heterocycles. The highest BCUT2D eigenvalue weighted by molar-refractivity contribution is 4.63. The van der Waals surface area contributed by atoms with E-state index in [0.29, 0.717) is 12.2 Å².